The first-order valence-corrected chi connectivity index (χ1v) is 7.93. The first kappa shape index (κ1) is 14.6. The van der Waals surface area contributed by atoms with Gasteiger partial charge >= 0.3 is 0 Å². The Balaban J connectivity index is 1.52. The van der Waals surface area contributed by atoms with E-state index >= 15 is 0 Å². The van der Waals surface area contributed by atoms with Gasteiger partial charge in [-0.05, 0) is 48.7 Å². The minimum atomic E-state index is -0.0401. The van der Waals surface area contributed by atoms with Crippen LogP contribution in [0.25, 0.3) is 11.6 Å². The van der Waals surface area contributed by atoms with Crippen molar-refractivity contribution < 1.29 is 9.21 Å². The largest absolute Gasteiger partial charge is 0.458 e. The van der Waals surface area contributed by atoms with Gasteiger partial charge in [-0.15, -0.1) is 10.2 Å². The number of hydrogen-bond donors (Lipinski definition) is 0. The third kappa shape index (κ3) is 2.68. The van der Waals surface area contributed by atoms with Crippen LogP contribution >= 0.6 is 0 Å². The van der Waals surface area contributed by atoms with Gasteiger partial charge in [0.1, 0.15) is 12.3 Å². The molecule has 0 saturated heterocycles. The Hall–Kier alpha value is -2.96. The zero-order valence-corrected chi connectivity index (χ0v) is 13.3. The molecule has 0 saturated carbocycles. The normalized spacial score (nSPS) is 13.8. The highest BCUT2D eigenvalue weighted by Gasteiger charge is 2.23. The van der Waals surface area contributed by atoms with Crippen LogP contribution < -0.4 is 4.90 Å². The lowest BCUT2D eigenvalue weighted by atomic mass is 10.0. The van der Waals surface area contributed by atoms with E-state index in [0.29, 0.717) is 11.6 Å². The number of amides is 1. The van der Waals surface area contributed by atoms with E-state index in [9.17, 15) is 4.79 Å². The molecule has 1 aliphatic rings. The van der Waals surface area contributed by atoms with Crippen molar-refractivity contribution in [3.05, 3.63) is 47.7 Å². The molecule has 2 aromatic heterocycles. The van der Waals surface area contributed by atoms with E-state index in [0.717, 1.165) is 30.8 Å². The molecule has 3 heterocycles. The van der Waals surface area contributed by atoms with Gasteiger partial charge in [0.2, 0.25) is 5.82 Å². The summed E-state index contributed by atoms with van der Waals surface area (Å²) >= 11 is 0. The van der Waals surface area contributed by atoms with Crippen molar-refractivity contribution in [2.45, 2.75) is 26.3 Å². The van der Waals surface area contributed by atoms with Crippen molar-refractivity contribution in [1.82, 2.24) is 20.2 Å². The number of fused-ring (bicyclic) bond motifs is 1. The molecule has 7 heteroatoms. The molecule has 0 fully saturated rings. The maximum atomic E-state index is 12.7. The van der Waals surface area contributed by atoms with Crippen molar-refractivity contribution in [2.24, 2.45) is 0 Å². The minimum absolute atomic E-state index is 0.0401. The number of tetrazole rings is 1. The first-order chi connectivity index (χ1) is 11.7. The Morgan fingerprint density at radius 1 is 1.25 bits per heavy atom. The lowest BCUT2D eigenvalue weighted by molar-refractivity contribution is -0.119. The number of aryl methyl sites for hydroxylation is 2. The molecule has 24 heavy (non-hydrogen) atoms. The molecule has 0 aliphatic carbocycles. The number of hydrogen-bond acceptors (Lipinski definition) is 5. The summed E-state index contributed by atoms with van der Waals surface area (Å²) in [6.45, 7) is 2.63. The average molecular weight is 323 g/mol. The zero-order valence-electron chi connectivity index (χ0n) is 13.3. The van der Waals surface area contributed by atoms with E-state index in [1.165, 1.54) is 10.4 Å². The van der Waals surface area contributed by atoms with Crippen molar-refractivity contribution >= 4 is 11.6 Å². The van der Waals surface area contributed by atoms with Crippen molar-refractivity contribution in [3.63, 3.8) is 0 Å². The number of furan rings is 1. The molecule has 1 aliphatic heterocycles. The summed E-state index contributed by atoms with van der Waals surface area (Å²) in [4.78, 5) is 15.8. The third-order valence-electron chi connectivity index (χ3n) is 4.10. The van der Waals surface area contributed by atoms with Gasteiger partial charge in [0.25, 0.3) is 5.91 Å². The van der Waals surface area contributed by atoms with Crippen LogP contribution in [0.5, 0.6) is 0 Å². The number of carbonyl (C=O) groups excluding carboxylic acids is 1. The summed E-state index contributed by atoms with van der Waals surface area (Å²) in [7, 11) is 0. The highest BCUT2D eigenvalue weighted by Crippen LogP contribution is 2.26. The second-order valence-electron chi connectivity index (χ2n) is 5.83. The van der Waals surface area contributed by atoms with Gasteiger partial charge in [0.15, 0.2) is 5.76 Å². The SMILES string of the molecule is Cc1ccc(-c2nnn(CC(=O)N3CCCc4ccccc43)n2)o1. The number of anilines is 1. The summed E-state index contributed by atoms with van der Waals surface area (Å²) in [5.74, 6) is 1.67. The predicted octanol–water partition coefficient (Wildman–Crippen LogP) is 2.22. The van der Waals surface area contributed by atoms with Crippen molar-refractivity contribution in [2.75, 3.05) is 11.4 Å². The first-order valence-electron chi connectivity index (χ1n) is 7.93. The Morgan fingerprint density at radius 2 is 2.12 bits per heavy atom. The van der Waals surface area contributed by atoms with Gasteiger partial charge in [0, 0.05) is 12.2 Å². The van der Waals surface area contributed by atoms with Gasteiger partial charge in [-0.2, -0.15) is 4.80 Å². The molecule has 0 radical (unpaired) electrons. The zero-order chi connectivity index (χ0) is 16.5. The van der Waals surface area contributed by atoms with E-state index < -0.39 is 0 Å². The van der Waals surface area contributed by atoms with Crippen LogP contribution in [0.1, 0.15) is 17.7 Å². The standard InChI is InChI=1S/C17H17N5O2/c1-12-8-9-15(24-12)17-18-20-22(19-17)11-16(23)21-10-4-6-13-5-2-3-7-14(13)21/h2-3,5,7-9H,4,6,10-11H2,1H3. The molecule has 3 aromatic rings. The van der Waals surface area contributed by atoms with Crippen LogP contribution in [0, 0.1) is 6.92 Å². The van der Waals surface area contributed by atoms with E-state index in [1.807, 2.05) is 31.2 Å². The Morgan fingerprint density at radius 3 is 2.96 bits per heavy atom. The number of nitrogens with zero attached hydrogens (tertiary/aromatic N) is 5. The lowest BCUT2D eigenvalue weighted by Gasteiger charge is -2.29. The second kappa shape index (κ2) is 5.92. The molecular weight excluding hydrogens is 306 g/mol. The molecule has 7 nitrogen and oxygen atoms in total. The molecule has 0 unspecified atom stereocenters. The molecule has 0 bridgehead atoms. The Kier molecular flexibility index (Phi) is 3.60. The Labute approximate surface area is 138 Å². The number of carbonyl (C=O) groups is 1. The summed E-state index contributed by atoms with van der Waals surface area (Å²) in [6, 6.07) is 11.6. The maximum absolute atomic E-state index is 12.7. The van der Waals surface area contributed by atoms with Crippen LogP contribution in [0.3, 0.4) is 0 Å². The number of para-hydroxylation sites is 1. The van der Waals surface area contributed by atoms with Gasteiger partial charge in [0.05, 0.1) is 0 Å². The Bertz CT molecular complexity index is 883. The molecule has 1 amide bonds. The highest BCUT2D eigenvalue weighted by molar-refractivity contribution is 5.94. The van der Waals surface area contributed by atoms with Gasteiger partial charge < -0.3 is 9.32 Å². The van der Waals surface area contributed by atoms with Crippen LogP contribution in [-0.4, -0.2) is 32.7 Å². The number of aromatic nitrogens is 4. The average Bonchev–Trinajstić information content (AvgIpc) is 3.23. The molecular formula is C17H17N5O2. The quantitative estimate of drug-likeness (QED) is 0.738. The van der Waals surface area contributed by atoms with E-state index in [4.69, 9.17) is 4.42 Å². The number of rotatable bonds is 3. The van der Waals surface area contributed by atoms with E-state index in [-0.39, 0.29) is 12.5 Å². The van der Waals surface area contributed by atoms with Gasteiger partial charge in [-0.3, -0.25) is 4.79 Å². The summed E-state index contributed by atoms with van der Waals surface area (Å²) in [6.07, 6.45) is 1.97. The van der Waals surface area contributed by atoms with Crippen LogP contribution in [0.4, 0.5) is 5.69 Å². The smallest absolute Gasteiger partial charge is 0.250 e. The summed E-state index contributed by atoms with van der Waals surface area (Å²) in [5.41, 5.74) is 2.19. The van der Waals surface area contributed by atoms with Crippen molar-refractivity contribution in [1.29, 1.82) is 0 Å². The highest BCUT2D eigenvalue weighted by atomic mass is 16.3. The predicted molar refractivity (Wildman–Crippen MR) is 87.4 cm³/mol. The molecule has 0 spiro atoms. The second-order valence-corrected chi connectivity index (χ2v) is 5.83. The maximum Gasteiger partial charge on any atom is 0.250 e. The topological polar surface area (TPSA) is 77.1 Å². The fourth-order valence-electron chi connectivity index (χ4n) is 2.96. The molecule has 4 rings (SSSR count). The van der Waals surface area contributed by atoms with Crippen LogP contribution in [-0.2, 0) is 17.8 Å². The van der Waals surface area contributed by atoms with E-state index in [2.05, 4.69) is 21.5 Å². The van der Waals surface area contributed by atoms with E-state index in [1.54, 1.807) is 11.0 Å². The van der Waals surface area contributed by atoms with Gasteiger partial charge in [-0.1, -0.05) is 18.2 Å². The fourth-order valence-corrected chi connectivity index (χ4v) is 2.96. The molecule has 1 aromatic carbocycles. The summed E-state index contributed by atoms with van der Waals surface area (Å²) < 4.78 is 5.48. The molecule has 122 valence electrons. The monoisotopic (exact) mass is 323 g/mol. The summed E-state index contributed by atoms with van der Waals surface area (Å²) in [5, 5.41) is 12.2. The van der Waals surface area contributed by atoms with Crippen molar-refractivity contribution in [3.8, 4) is 11.6 Å². The lowest BCUT2D eigenvalue weighted by Crippen LogP contribution is -2.38. The van der Waals surface area contributed by atoms with Crippen LogP contribution in [0.2, 0.25) is 0 Å². The van der Waals surface area contributed by atoms with Gasteiger partial charge in [-0.25, -0.2) is 0 Å². The third-order valence-corrected chi connectivity index (χ3v) is 4.10. The minimum Gasteiger partial charge on any atom is -0.458 e. The number of benzene rings is 1. The molecule has 0 N–H and O–H groups in total. The molecule has 0 atom stereocenters. The van der Waals surface area contributed by atoms with Crippen LogP contribution in [0.15, 0.2) is 40.8 Å². The fraction of sp³-hybridized carbons (Fsp3) is 0.294.